The van der Waals surface area contributed by atoms with E-state index >= 15 is 0 Å². The largest absolute Gasteiger partial charge is 0.478 e. The van der Waals surface area contributed by atoms with E-state index in [1.165, 1.54) is 22.3 Å². The zero-order valence-corrected chi connectivity index (χ0v) is 9.51. The number of rotatable bonds is 2. The minimum atomic E-state index is -1.03. The number of hydrogen-bond acceptors (Lipinski definition) is 3. The first-order valence-corrected chi connectivity index (χ1v) is 5.05. The summed E-state index contributed by atoms with van der Waals surface area (Å²) in [4.78, 5) is 24.3. The SMILES string of the molecule is Cc1cc(C(=O)O)c(NC(=O)N(C)C)s1. The number of aromatic carboxylic acids is 1. The first-order valence-electron chi connectivity index (χ1n) is 4.24. The van der Waals surface area contributed by atoms with Gasteiger partial charge in [-0.05, 0) is 13.0 Å². The second-order valence-electron chi connectivity index (χ2n) is 3.23. The molecule has 0 bridgehead atoms. The monoisotopic (exact) mass is 228 g/mol. The topological polar surface area (TPSA) is 69.6 Å². The van der Waals surface area contributed by atoms with E-state index < -0.39 is 5.97 Å². The van der Waals surface area contributed by atoms with E-state index in [2.05, 4.69) is 5.32 Å². The number of amides is 2. The second kappa shape index (κ2) is 4.31. The number of nitrogens with one attached hydrogen (secondary N) is 1. The number of carboxylic acid groups (broad SMARTS) is 1. The minimum absolute atomic E-state index is 0.132. The number of carbonyl (C=O) groups is 2. The highest BCUT2D eigenvalue weighted by Gasteiger charge is 2.16. The van der Waals surface area contributed by atoms with Crippen LogP contribution in [0.25, 0.3) is 0 Å². The molecule has 5 nitrogen and oxygen atoms in total. The van der Waals surface area contributed by atoms with Gasteiger partial charge in [-0.3, -0.25) is 5.32 Å². The molecule has 82 valence electrons. The maximum Gasteiger partial charge on any atom is 0.338 e. The van der Waals surface area contributed by atoms with Crippen molar-refractivity contribution in [3.05, 3.63) is 16.5 Å². The molecule has 1 rings (SSSR count). The molecule has 0 aromatic carbocycles. The van der Waals surface area contributed by atoms with Crippen molar-refractivity contribution in [1.82, 2.24) is 4.90 Å². The number of carbonyl (C=O) groups excluding carboxylic acids is 1. The molecule has 0 aliphatic heterocycles. The number of thiophene rings is 1. The van der Waals surface area contributed by atoms with Gasteiger partial charge in [0, 0.05) is 19.0 Å². The van der Waals surface area contributed by atoms with Crippen molar-refractivity contribution in [3.63, 3.8) is 0 Å². The van der Waals surface area contributed by atoms with Crippen LogP contribution in [0.1, 0.15) is 15.2 Å². The van der Waals surface area contributed by atoms with Crippen molar-refractivity contribution in [2.24, 2.45) is 0 Å². The van der Waals surface area contributed by atoms with Crippen molar-refractivity contribution >= 4 is 28.3 Å². The van der Waals surface area contributed by atoms with Gasteiger partial charge < -0.3 is 10.0 Å². The molecule has 0 saturated carbocycles. The van der Waals surface area contributed by atoms with E-state index in [-0.39, 0.29) is 11.6 Å². The van der Waals surface area contributed by atoms with E-state index in [4.69, 9.17) is 5.11 Å². The van der Waals surface area contributed by atoms with Gasteiger partial charge >= 0.3 is 12.0 Å². The third-order valence-corrected chi connectivity index (χ3v) is 2.68. The van der Waals surface area contributed by atoms with Crippen LogP contribution in [-0.4, -0.2) is 36.1 Å². The van der Waals surface area contributed by atoms with Crippen LogP contribution in [-0.2, 0) is 0 Å². The Labute approximate surface area is 91.3 Å². The van der Waals surface area contributed by atoms with Crippen LogP contribution in [0.4, 0.5) is 9.80 Å². The molecule has 0 aliphatic carbocycles. The van der Waals surface area contributed by atoms with E-state index in [0.29, 0.717) is 5.00 Å². The smallest absolute Gasteiger partial charge is 0.338 e. The Morgan fingerprint density at radius 2 is 2.07 bits per heavy atom. The summed E-state index contributed by atoms with van der Waals surface area (Å²) in [5, 5.41) is 11.8. The molecule has 0 spiro atoms. The fraction of sp³-hybridized carbons (Fsp3) is 0.333. The third kappa shape index (κ3) is 2.69. The van der Waals surface area contributed by atoms with Crippen LogP contribution in [0.3, 0.4) is 0 Å². The average Bonchev–Trinajstić information content (AvgIpc) is 2.46. The number of nitrogens with zero attached hydrogens (tertiary/aromatic N) is 1. The van der Waals surface area contributed by atoms with E-state index in [1.54, 1.807) is 21.0 Å². The number of hydrogen-bond donors (Lipinski definition) is 2. The summed E-state index contributed by atoms with van der Waals surface area (Å²) < 4.78 is 0. The van der Waals surface area contributed by atoms with Gasteiger partial charge in [0.2, 0.25) is 0 Å². The molecule has 15 heavy (non-hydrogen) atoms. The summed E-state index contributed by atoms with van der Waals surface area (Å²) in [5.74, 6) is -1.03. The molecule has 0 saturated heterocycles. The van der Waals surface area contributed by atoms with Crippen molar-refractivity contribution in [1.29, 1.82) is 0 Å². The Morgan fingerprint density at radius 1 is 1.47 bits per heavy atom. The fourth-order valence-corrected chi connectivity index (χ4v) is 1.87. The molecular formula is C9H12N2O3S. The number of anilines is 1. The van der Waals surface area contributed by atoms with Crippen LogP contribution in [0.15, 0.2) is 6.07 Å². The normalized spacial score (nSPS) is 9.80. The maximum atomic E-state index is 11.3. The summed E-state index contributed by atoms with van der Waals surface area (Å²) in [6.07, 6.45) is 0. The summed E-state index contributed by atoms with van der Waals surface area (Å²) in [6.45, 7) is 1.79. The van der Waals surface area contributed by atoms with Crippen LogP contribution < -0.4 is 5.32 Å². The molecule has 1 aromatic heterocycles. The van der Waals surface area contributed by atoms with Gasteiger partial charge in [0.25, 0.3) is 0 Å². The molecule has 6 heteroatoms. The molecular weight excluding hydrogens is 216 g/mol. The highest BCUT2D eigenvalue weighted by Crippen LogP contribution is 2.27. The molecule has 0 aliphatic rings. The molecule has 0 fully saturated rings. The Morgan fingerprint density at radius 3 is 2.53 bits per heavy atom. The van der Waals surface area contributed by atoms with Gasteiger partial charge in [-0.25, -0.2) is 9.59 Å². The van der Waals surface area contributed by atoms with E-state index in [0.717, 1.165) is 4.88 Å². The molecule has 2 N–H and O–H groups in total. The van der Waals surface area contributed by atoms with Gasteiger partial charge in [0.1, 0.15) is 5.00 Å². The molecule has 1 heterocycles. The molecule has 0 unspecified atom stereocenters. The maximum absolute atomic E-state index is 11.3. The van der Waals surface area contributed by atoms with Crippen molar-refractivity contribution in [2.45, 2.75) is 6.92 Å². The lowest BCUT2D eigenvalue weighted by atomic mass is 10.3. The zero-order chi connectivity index (χ0) is 11.6. The lowest BCUT2D eigenvalue weighted by Gasteiger charge is -2.10. The van der Waals surface area contributed by atoms with Crippen molar-refractivity contribution < 1.29 is 14.7 Å². The fourth-order valence-electron chi connectivity index (χ4n) is 0.975. The standard InChI is InChI=1S/C9H12N2O3S/c1-5-4-6(8(12)13)7(15-5)10-9(14)11(2)3/h4H,1-3H3,(H,10,14)(H,12,13). The van der Waals surface area contributed by atoms with Crippen LogP contribution >= 0.6 is 11.3 Å². The quantitative estimate of drug-likeness (QED) is 0.811. The molecule has 0 radical (unpaired) electrons. The molecule has 1 aromatic rings. The van der Waals surface area contributed by atoms with E-state index in [9.17, 15) is 9.59 Å². The summed E-state index contributed by atoms with van der Waals surface area (Å²) >= 11 is 1.25. The van der Waals surface area contributed by atoms with Gasteiger partial charge in [-0.15, -0.1) is 11.3 Å². The van der Waals surface area contributed by atoms with Gasteiger partial charge in [-0.2, -0.15) is 0 Å². The third-order valence-electron chi connectivity index (χ3n) is 1.71. The number of aryl methyl sites for hydroxylation is 1. The summed E-state index contributed by atoms with van der Waals surface area (Å²) in [6, 6.07) is 1.21. The number of urea groups is 1. The van der Waals surface area contributed by atoms with Crippen LogP contribution in [0.2, 0.25) is 0 Å². The van der Waals surface area contributed by atoms with Crippen LogP contribution in [0, 0.1) is 6.92 Å². The van der Waals surface area contributed by atoms with Gasteiger partial charge in [0.05, 0.1) is 5.56 Å². The average molecular weight is 228 g/mol. The predicted octanol–water partition coefficient (Wildman–Crippen LogP) is 1.85. The van der Waals surface area contributed by atoms with E-state index in [1.807, 2.05) is 0 Å². The molecule has 2 amide bonds. The Bertz CT molecular complexity index is 398. The lowest BCUT2D eigenvalue weighted by Crippen LogP contribution is -2.27. The second-order valence-corrected chi connectivity index (χ2v) is 4.49. The Hall–Kier alpha value is -1.56. The highest BCUT2D eigenvalue weighted by molar-refractivity contribution is 7.16. The summed E-state index contributed by atoms with van der Waals surface area (Å²) in [7, 11) is 3.19. The predicted molar refractivity (Wildman–Crippen MR) is 58.7 cm³/mol. The van der Waals surface area contributed by atoms with Gasteiger partial charge in [0.15, 0.2) is 0 Å². The summed E-state index contributed by atoms with van der Waals surface area (Å²) in [5.41, 5.74) is 0.132. The first-order chi connectivity index (χ1) is 6.91. The van der Waals surface area contributed by atoms with Crippen molar-refractivity contribution in [2.75, 3.05) is 19.4 Å². The Balaban J connectivity index is 2.94. The Kier molecular flexibility index (Phi) is 3.31. The first kappa shape index (κ1) is 11.5. The highest BCUT2D eigenvalue weighted by atomic mass is 32.1. The van der Waals surface area contributed by atoms with Crippen molar-refractivity contribution in [3.8, 4) is 0 Å². The molecule has 0 atom stereocenters. The number of carboxylic acids is 1. The van der Waals surface area contributed by atoms with Gasteiger partial charge in [-0.1, -0.05) is 0 Å². The zero-order valence-electron chi connectivity index (χ0n) is 8.70. The van der Waals surface area contributed by atoms with Crippen LogP contribution in [0.5, 0.6) is 0 Å². The minimum Gasteiger partial charge on any atom is -0.478 e. The lowest BCUT2D eigenvalue weighted by molar-refractivity contribution is 0.0698.